The Morgan fingerprint density at radius 1 is 1.64 bits per heavy atom. The maximum atomic E-state index is 10.3. The maximum absolute atomic E-state index is 10.3. The van der Waals surface area contributed by atoms with Gasteiger partial charge in [-0.25, -0.2) is 9.16 Å². The minimum atomic E-state index is -0.947. The van der Waals surface area contributed by atoms with Gasteiger partial charge in [0.15, 0.2) is 6.04 Å². The fourth-order valence-electron chi connectivity index (χ4n) is 0.703. The number of aliphatic carboxylic acids is 1. The highest BCUT2D eigenvalue weighted by Crippen LogP contribution is 2.03. The molecule has 4 nitrogen and oxygen atoms in total. The van der Waals surface area contributed by atoms with Gasteiger partial charge in [-0.2, -0.15) is 0 Å². The summed E-state index contributed by atoms with van der Waals surface area (Å²) >= 11 is 4.31. The Hall–Kier alpha value is -0.550. The number of carboxylic acid groups (broad SMARTS) is 1. The van der Waals surface area contributed by atoms with Crippen molar-refractivity contribution in [2.45, 2.75) is 25.3 Å². The van der Waals surface area contributed by atoms with Gasteiger partial charge in [-0.05, 0) is 25.8 Å². The van der Waals surface area contributed by atoms with Gasteiger partial charge >= 0.3 is 5.97 Å². The summed E-state index contributed by atoms with van der Waals surface area (Å²) in [5, 5.41) is 8.48. The Morgan fingerprint density at radius 3 is 2.64 bits per heavy atom. The molecule has 0 amide bonds. The zero-order chi connectivity index (χ0) is 8.69. The number of rotatable bonds is 6. The summed E-state index contributed by atoms with van der Waals surface area (Å²) in [5.74, 6) is -0.947. The smallest absolute Gasteiger partial charge is 0.329 e. The maximum Gasteiger partial charge on any atom is 0.329 e. The van der Waals surface area contributed by atoms with Gasteiger partial charge in [-0.3, -0.25) is 0 Å². The molecule has 0 spiro atoms. The van der Waals surface area contributed by atoms with Crippen LogP contribution in [0, 0.1) is 0 Å². The van der Waals surface area contributed by atoms with Gasteiger partial charge in [-0.1, -0.05) is 0 Å². The number of hydrogen-bond acceptors (Lipinski definition) is 4. The molecular weight excluding hydrogens is 164 g/mol. The number of hydrogen-bond donors (Lipinski definition) is 2. The number of carbonyl (C=O) groups is 1. The summed E-state index contributed by atoms with van der Waals surface area (Å²) in [6, 6.07) is -0.725. The van der Waals surface area contributed by atoms with E-state index in [1.807, 2.05) is 0 Å². The third-order valence-electron chi connectivity index (χ3n) is 1.34. The number of carboxylic acids is 1. The van der Waals surface area contributed by atoms with Gasteiger partial charge in [0.05, 0.1) is 0 Å². The molecule has 0 saturated heterocycles. The molecule has 0 aromatic heterocycles. The summed E-state index contributed by atoms with van der Waals surface area (Å²) in [5.41, 5.74) is 5.23. The van der Waals surface area contributed by atoms with E-state index in [-0.39, 0.29) is 0 Å². The lowest BCUT2D eigenvalue weighted by atomic mass is 10.1. The van der Waals surface area contributed by atoms with E-state index in [1.54, 1.807) is 0 Å². The van der Waals surface area contributed by atoms with Crippen LogP contribution in [-0.2, 0) is 17.2 Å². The third-order valence-corrected chi connectivity index (χ3v) is 1.60. The molecule has 3 N–H and O–H groups in total. The molecule has 0 bridgehead atoms. The summed E-state index contributed by atoms with van der Waals surface area (Å²) in [4.78, 5) is 10.3. The Kier molecular flexibility index (Phi) is 5.87. The van der Waals surface area contributed by atoms with E-state index in [1.165, 1.54) is 0 Å². The molecule has 0 aromatic rings. The zero-order valence-corrected chi connectivity index (χ0v) is 7.01. The van der Waals surface area contributed by atoms with Crippen molar-refractivity contribution < 1.29 is 9.90 Å². The van der Waals surface area contributed by atoms with Crippen molar-refractivity contribution >= 4 is 18.4 Å². The first-order valence-corrected chi connectivity index (χ1v) is 3.84. The van der Waals surface area contributed by atoms with E-state index in [9.17, 15) is 4.79 Å². The lowest BCUT2D eigenvalue weighted by Gasteiger charge is -2.03. The molecule has 0 aromatic carbocycles. The van der Waals surface area contributed by atoms with Crippen LogP contribution in [-0.4, -0.2) is 23.7 Å². The van der Waals surface area contributed by atoms with E-state index in [0.717, 1.165) is 12.8 Å². The highest BCUT2D eigenvalue weighted by Gasteiger charge is 2.13. The second-order valence-corrected chi connectivity index (χ2v) is 2.45. The van der Waals surface area contributed by atoms with E-state index in [0.29, 0.717) is 13.0 Å². The van der Waals surface area contributed by atoms with Gasteiger partial charge < -0.3 is 10.8 Å². The van der Waals surface area contributed by atoms with E-state index >= 15 is 0 Å². The van der Waals surface area contributed by atoms with Crippen molar-refractivity contribution in [1.82, 2.24) is 0 Å². The van der Waals surface area contributed by atoms with Crippen molar-refractivity contribution in [3.05, 3.63) is 0 Å². The molecule has 5 heteroatoms. The first-order chi connectivity index (χ1) is 5.22. The van der Waals surface area contributed by atoms with Crippen molar-refractivity contribution in [3.63, 3.8) is 0 Å². The molecule has 11 heavy (non-hydrogen) atoms. The van der Waals surface area contributed by atoms with Crippen molar-refractivity contribution in [1.29, 1.82) is 0 Å². The van der Waals surface area contributed by atoms with Crippen LogP contribution in [0.15, 0.2) is 4.36 Å². The zero-order valence-electron chi connectivity index (χ0n) is 6.19. The fraction of sp³-hybridized carbons (Fsp3) is 0.833. The highest BCUT2D eigenvalue weighted by molar-refractivity contribution is 7.47. The Morgan fingerprint density at radius 2 is 2.27 bits per heavy atom. The second-order valence-electron chi connectivity index (χ2n) is 2.24. The summed E-state index contributed by atoms with van der Waals surface area (Å²) in [6.07, 6.45) is 2.10. The normalized spacial score (nSPS) is 12.5. The van der Waals surface area contributed by atoms with Gasteiger partial charge in [0.1, 0.15) is 0 Å². The molecule has 0 radical (unpaired) electrons. The van der Waals surface area contributed by atoms with Crippen molar-refractivity contribution in [2.75, 3.05) is 6.54 Å². The standard InChI is InChI=1S/C6H12N2O2S/c7-4-2-1-3-5(8-11)6(9)10/h5H,1-4,7H2,(H,9,10)/t5-/m0/s1. The van der Waals surface area contributed by atoms with Crippen LogP contribution in [0.2, 0.25) is 0 Å². The molecular formula is C6H12N2O2S. The summed E-state index contributed by atoms with van der Waals surface area (Å²) < 4.78 is 3.30. The van der Waals surface area contributed by atoms with Crippen LogP contribution in [0.1, 0.15) is 19.3 Å². The SMILES string of the molecule is NCCCC[C@H](N=S)C(=O)O. The van der Waals surface area contributed by atoms with E-state index < -0.39 is 12.0 Å². The molecule has 0 heterocycles. The van der Waals surface area contributed by atoms with Crippen molar-refractivity contribution in [2.24, 2.45) is 10.1 Å². The third kappa shape index (κ3) is 4.80. The predicted molar refractivity (Wildman–Crippen MR) is 44.1 cm³/mol. The molecule has 0 saturated carbocycles. The van der Waals surface area contributed by atoms with Crippen molar-refractivity contribution in [3.8, 4) is 0 Å². The Balaban J connectivity index is 3.52. The topological polar surface area (TPSA) is 75.7 Å². The monoisotopic (exact) mass is 176 g/mol. The average Bonchev–Trinajstić information content (AvgIpc) is 1.97. The first kappa shape index (κ1) is 10.4. The molecule has 0 rings (SSSR count). The minimum Gasteiger partial charge on any atom is -0.480 e. The molecule has 64 valence electrons. The van der Waals surface area contributed by atoms with Gasteiger partial charge in [-0.15, -0.1) is 0 Å². The number of unbranched alkanes of at least 4 members (excludes halogenated alkanes) is 1. The number of nitrogens with zero attached hydrogens (tertiary/aromatic N) is 1. The minimum absolute atomic E-state index is 0.496. The van der Waals surface area contributed by atoms with E-state index in [4.69, 9.17) is 10.8 Å². The fourth-order valence-corrected chi connectivity index (χ4v) is 0.899. The average molecular weight is 176 g/mol. The lowest BCUT2D eigenvalue weighted by molar-refractivity contribution is -0.138. The quantitative estimate of drug-likeness (QED) is 0.571. The molecule has 0 fully saturated rings. The van der Waals surface area contributed by atoms with Gasteiger partial charge in [0.2, 0.25) is 0 Å². The van der Waals surface area contributed by atoms with Gasteiger partial charge in [0, 0.05) is 12.4 Å². The largest absolute Gasteiger partial charge is 0.480 e. The summed E-state index contributed by atoms with van der Waals surface area (Å²) in [7, 11) is 0. The molecule has 0 aliphatic rings. The Labute approximate surface area is 71.0 Å². The first-order valence-electron chi connectivity index (χ1n) is 3.47. The second kappa shape index (κ2) is 6.18. The molecule has 0 unspecified atom stereocenters. The molecule has 1 atom stereocenters. The Bertz CT molecular complexity index is 141. The van der Waals surface area contributed by atoms with Crippen LogP contribution in [0.4, 0.5) is 0 Å². The van der Waals surface area contributed by atoms with Crippen LogP contribution in [0.25, 0.3) is 0 Å². The van der Waals surface area contributed by atoms with Crippen LogP contribution < -0.4 is 5.73 Å². The van der Waals surface area contributed by atoms with Gasteiger partial charge in [0.25, 0.3) is 0 Å². The summed E-state index contributed by atoms with van der Waals surface area (Å²) in [6.45, 7) is 0.587. The molecule has 0 aliphatic heterocycles. The molecule has 0 aliphatic carbocycles. The lowest BCUT2D eigenvalue weighted by Crippen LogP contribution is -2.17. The van der Waals surface area contributed by atoms with E-state index in [2.05, 4.69) is 16.8 Å². The van der Waals surface area contributed by atoms with Crippen LogP contribution in [0.3, 0.4) is 0 Å². The van der Waals surface area contributed by atoms with Crippen LogP contribution >= 0.6 is 0 Å². The predicted octanol–water partition coefficient (Wildman–Crippen LogP) is 0.299. The highest BCUT2D eigenvalue weighted by atomic mass is 32.1. The van der Waals surface area contributed by atoms with Crippen LogP contribution in [0.5, 0.6) is 0 Å². The number of nitrogens with two attached hydrogens (primary N) is 1.